The van der Waals surface area contributed by atoms with Gasteiger partial charge in [0.2, 0.25) is 11.6 Å². The largest absolute Gasteiger partial charge is 0.377 e. The molecule has 0 aromatic carbocycles. The lowest BCUT2D eigenvalue weighted by Gasteiger charge is -2.29. The van der Waals surface area contributed by atoms with E-state index >= 15 is 0 Å². The highest BCUT2D eigenvalue weighted by atomic mass is 19.2. The first-order valence-electron chi connectivity index (χ1n) is 6.99. The molecule has 1 saturated carbocycles. The van der Waals surface area contributed by atoms with E-state index in [2.05, 4.69) is 17.2 Å². The average molecular weight is 290 g/mol. The summed E-state index contributed by atoms with van der Waals surface area (Å²) in [5, 5.41) is 2.59. The predicted molar refractivity (Wildman–Crippen MR) is 68.3 cm³/mol. The molecule has 6 heteroatoms. The fraction of sp³-hybridized carbons (Fsp3) is 0.643. The molecule has 0 radical (unpaired) electrons. The third-order valence-electron chi connectivity index (χ3n) is 3.89. The number of hydrogen-bond acceptors (Lipinski definition) is 2. The van der Waals surface area contributed by atoms with Gasteiger partial charge < -0.3 is 5.32 Å². The molecule has 0 bridgehead atoms. The van der Waals surface area contributed by atoms with Crippen molar-refractivity contribution in [2.75, 3.05) is 5.32 Å². The van der Waals surface area contributed by atoms with Gasteiger partial charge in [-0.15, -0.1) is 0 Å². The fourth-order valence-corrected chi connectivity index (χ4v) is 2.82. The molecule has 0 spiro atoms. The smallest absolute Gasteiger partial charge is 0.253 e. The molecule has 1 N–H and O–H groups in total. The van der Waals surface area contributed by atoms with Crippen LogP contribution in [-0.2, 0) is 0 Å². The second-order valence-corrected chi connectivity index (χ2v) is 5.35. The number of nitrogens with zero attached hydrogens (tertiary/aromatic N) is 1. The van der Waals surface area contributed by atoms with Crippen molar-refractivity contribution in [3.8, 4) is 0 Å². The Morgan fingerprint density at radius 1 is 1.00 bits per heavy atom. The fourth-order valence-electron chi connectivity index (χ4n) is 2.82. The Bertz CT molecular complexity index is 444. The van der Waals surface area contributed by atoms with Crippen LogP contribution in [0.3, 0.4) is 0 Å². The maximum Gasteiger partial charge on any atom is 0.253 e. The zero-order valence-corrected chi connectivity index (χ0v) is 11.4. The maximum absolute atomic E-state index is 13.5. The molecule has 20 heavy (non-hydrogen) atoms. The van der Waals surface area contributed by atoms with Crippen molar-refractivity contribution in [1.82, 2.24) is 4.98 Å². The zero-order valence-electron chi connectivity index (χ0n) is 11.4. The van der Waals surface area contributed by atoms with Gasteiger partial charge in [0.1, 0.15) is 5.69 Å². The van der Waals surface area contributed by atoms with Crippen LogP contribution in [0, 0.1) is 29.4 Å². The molecule has 1 heterocycles. The minimum Gasteiger partial charge on any atom is -0.377 e. The standard InChI is InChI=1S/C14H18F4N2/c1-2-3-8-4-6-9(7-5-8)19-12-10(15)13(17)20-14(18)11(12)16/h8-9H,2-7H2,1H3,(H,19,20). The summed E-state index contributed by atoms with van der Waals surface area (Å²) >= 11 is 0. The van der Waals surface area contributed by atoms with E-state index in [1.807, 2.05) is 0 Å². The maximum atomic E-state index is 13.5. The number of nitrogens with one attached hydrogen (secondary N) is 1. The molecule has 0 unspecified atom stereocenters. The van der Waals surface area contributed by atoms with Crippen LogP contribution in [0.15, 0.2) is 0 Å². The Labute approximate surface area is 115 Å². The molecule has 2 nitrogen and oxygen atoms in total. The van der Waals surface area contributed by atoms with Crippen LogP contribution in [0.2, 0.25) is 0 Å². The normalized spacial score (nSPS) is 22.9. The molecular weight excluding hydrogens is 272 g/mol. The van der Waals surface area contributed by atoms with Crippen molar-refractivity contribution in [3.05, 3.63) is 23.5 Å². The van der Waals surface area contributed by atoms with Gasteiger partial charge in [-0.05, 0) is 31.6 Å². The van der Waals surface area contributed by atoms with Crippen LogP contribution in [-0.4, -0.2) is 11.0 Å². The quantitative estimate of drug-likeness (QED) is 0.656. The first-order chi connectivity index (χ1) is 9.52. The summed E-state index contributed by atoms with van der Waals surface area (Å²) in [4.78, 5) is 2.54. The van der Waals surface area contributed by atoms with Crippen LogP contribution >= 0.6 is 0 Å². The molecule has 1 aromatic rings. The first kappa shape index (κ1) is 15.1. The number of hydrogen-bond donors (Lipinski definition) is 1. The lowest BCUT2D eigenvalue weighted by atomic mass is 9.83. The van der Waals surface area contributed by atoms with Gasteiger partial charge >= 0.3 is 0 Å². The first-order valence-corrected chi connectivity index (χ1v) is 6.99. The van der Waals surface area contributed by atoms with Crippen molar-refractivity contribution in [3.63, 3.8) is 0 Å². The monoisotopic (exact) mass is 290 g/mol. The molecule has 1 fully saturated rings. The van der Waals surface area contributed by atoms with Gasteiger partial charge in [0.25, 0.3) is 11.9 Å². The number of halogens is 4. The molecule has 0 saturated heterocycles. The number of anilines is 1. The van der Waals surface area contributed by atoms with E-state index in [1.165, 1.54) is 0 Å². The minimum absolute atomic E-state index is 0.159. The summed E-state index contributed by atoms with van der Waals surface area (Å²) in [6.07, 6.45) is 5.68. The number of rotatable bonds is 4. The zero-order chi connectivity index (χ0) is 14.7. The van der Waals surface area contributed by atoms with Crippen LogP contribution < -0.4 is 5.32 Å². The van der Waals surface area contributed by atoms with E-state index in [0.29, 0.717) is 5.92 Å². The summed E-state index contributed by atoms with van der Waals surface area (Å²) in [7, 11) is 0. The van der Waals surface area contributed by atoms with Gasteiger partial charge in [-0.3, -0.25) is 0 Å². The predicted octanol–water partition coefficient (Wildman–Crippen LogP) is 4.41. The summed E-state index contributed by atoms with van der Waals surface area (Å²) in [6, 6.07) is -0.159. The van der Waals surface area contributed by atoms with Crippen molar-refractivity contribution < 1.29 is 17.6 Å². The van der Waals surface area contributed by atoms with E-state index in [-0.39, 0.29) is 6.04 Å². The van der Waals surface area contributed by atoms with E-state index in [0.717, 1.165) is 38.5 Å². The lowest BCUT2D eigenvalue weighted by molar-refractivity contribution is 0.317. The Hall–Kier alpha value is -1.33. The van der Waals surface area contributed by atoms with Gasteiger partial charge in [-0.1, -0.05) is 19.8 Å². The molecule has 1 aromatic heterocycles. The molecule has 112 valence electrons. The molecule has 0 atom stereocenters. The summed E-state index contributed by atoms with van der Waals surface area (Å²) in [5.41, 5.74) is -0.742. The molecule has 2 rings (SSSR count). The molecule has 1 aliphatic carbocycles. The molecule has 0 amide bonds. The third-order valence-corrected chi connectivity index (χ3v) is 3.89. The van der Waals surface area contributed by atoms with E-state index in [1.54, 1.807) is 0 Å². The van der Waals surface area contributed by atoms with Gasteiger partial charge in [0.05, 0.1) is 0 Å². The topological polar surface area (TPSA) is 24.9 Å². The minimum atomic E-state index is -1.62. The van der Waals surface area contributed by atoms with E-state index in [9.17, 15) is 17.6 Å². The highest BCUT2D eigenvalue weighted by Gasteiger charge is 2.25. The third kappa shape index (κ3) is 3.22. The van der Waals surface area contributed by atoms with E-state index in [4.69, 9.17) is 0 Å². The lowest BCUT2D eigenvalue weighted by Crippen LogP contribution is -2.27. The van der Waals surface area contributed by atoms with Gasteiger partial charge in [-0.25, -0.2) is 0 Å². The van der Waals surface area contributed by atoms with Gasteiger partial charge in [0, 0.05) is 6.04 Å². The van der Waals surface area contributed by atoms with Crippen LogP contribution in [0.25, 0.3) is 0 Å². The Morgan fingerprint density at radius 2 is 1.55 bits per heavy atom. The van der Waals surface area contributed by atoms with Crippen molar-refractivity contribution in [2.45, 2.75) is 51.5 Å². The second-order valence-electron chi connectivity index (χ2n) is 5.35. The highest BCUT2D eigenvalue weighted by molar-refractivity contribution is 5.46. The van der Waals surface area contributed by atoms with Crippen LogP contribution in [0.4, 0.5) is 23.2 Å². The van der Waals surface area contributed by atoms with Crippen molar-refractivity contribution in [2.24, 2.45) is 5.92 Å². The van der Waals surface area contributed by atoms with E-state index < -0.39 is 29.2 Å². The molecule has 1 aliphatic rings. The van der Waals surface area contributed by atoms with Crippen LogP contribution in [0.5, 0.6) is 0 Å². The Kier molecular flexibility index (Phi) is 4.83. The van der Waals surface area contributed by atoms with Gasteiger partial charge in [0.15, 0.2) is 0 Å². The Balaban J connectivity index is 2.05. The second kappa shape index (κ2) is 6.41. The number of pyridine rings is 1. The summed E-state index contributed by atoms with van der Waals surface area (Å²) in [6.45, 7) is 2.12. The summed E-state index contributed by atoms with van der Waals surface area (Å²) in [5.74, 6) is -5.52. The molecular formula is C14H18F4N2. The van der Waals surface area contributed by atoms with Crippen molar-refractivity contribution >= 4 is 5.69 Å². The average Bonchev–Trinajstić information content (AvgIpc) is 2.43. The molecule has 0 aliphatic heterocycles. The Morgan fingerprint density at radius 3 is 2.05 bits per heavy atom. The SMILES string of the molecule is CCCC1CCC(Nc2c(F)c(F)nc(F)c2F)CC1. The van der Waals surface area contributed by atoms with Gasteiger partial charge in [-0.2, -0.15) is 22.5 Å². The number of aromatic nitrogens is 1. The van der Waals surface area contributed by atoms with Crippen LogP contribution in [0.1, 0.15) is 45.4 Å². The highest BCUT2D eigenvalue weighted by Crippen LogP contribution is 2.31. The van der Waals surface area contributed by atoms with Crippen molar-refractivity contribution in [1.29, 1.82) is 0 Å². The summed E-state index contributed by atoms with van der Waals surface area (Å²) < 4.78 is 53.0.